The van der Waals surface area contributed by atoms with Gasteiger partial charge in [-0.1, -0.05) is 6.58 Å². The summed E-state index contributed by atoms with van der Waals surface area (Å²) >= 11 is 1.71. The predicted molar refractivity (Wildman–Crippen MR) is 75.9 cm³/mol. The number of nitrogens with zero attached hydrogens (tertiary/aromatic N) is 1. The molecule has 0 atom stereocenters. The van der Waals surface area contributed by atoms with Gasteiger partial charge >= 0.3 is 0 Å². The molecule has 2 amide bonds. The first-order valence-corrected chi connectivity index (χ1v) is 7.32. The highest BCUT2D eigenvalue weighted by Crippen LogP contribution is 2.22. The topological polar surface area (TPSA) is 49.4 Å². The molecule has 0 aromatic carbocycles. The van der Waals surface area contributed by atoms with Crippen LogP contribution in [0, 0.1) is 5.92 Å². The van der Waals surface area contributed by atoms with E-state index in [0.717, 1.165) is 19.5 Å². The van der Waals surface area contributed by atoms with E-state index in [1.807, 2.05) is 4.90 Å². The van der Waals surface area contributed by atoms with Crippen molar-refractivity contribution >= 4 is 23.2 Å². The van der Waals surface area contributed by atoms with Gasteiger partial charge in [-0.2, -0.15) is 11.3 Å². The second-order valence-corrected chi connectivity index (χ2v) is 5.53. The van der Waals surface area contributed by atoms with Gasteiger partial charge in [-0.3, -0.25) is 9.59 Å². The van der Waals surface area contributed by atoms with Gasteiger partial charge in [0.05, 0.1) is 0 Å². The van der Waals surface area contributed by atoms with Crippen molar-refractivity contribution in [3.8, 4) is 0 Å². The maximum absolute atomic E-state index is 11.8. The zero-order valence-corrected chi connectivity index (χ0v) is 11.6. The van der Waals surface area contributed by atoms with E-state index in [4.69, 9.17) is 0 Å². The lowest BCUT2D eigenvalue weighted by atomic mass is 9.93. The summed E-state index contributed by atoms with van der Waals surface area (Å²) in [7, 11) is 0. The Bertz CT molecular complexity index is 450. The molecule has 1 aliphatic heterocycles. The smallest absolute Gasteiger partial charge is 0.243 e. The largest absolute Gasteiger partial charge is 0.352 e. The van der Waals surface area contributed by atoms with Gasteiger partial charge in [-0.25, -0.2) is 0 Å². The van der Waals surface area contributed by atoms with E-state index >= 15 is 0 Å². The van der Waals surface area contributed by atoms with Gasteiger partial charge in [0.15, 0.2) is 0 Å². The second kappa shape index (κ2) is 6.52. The standard InChI is InChI=1S/C14H18N2O2S/c1-2-13(17)15-5-3-14(18)16-8-12(9-16)7-11-4-6-19-10-11/h2,4,6,10,12H,1,3,5,7-9H2,(H,15,17). The SMILES string of the molecule is C=CC(=O)NCCC(=O)N1CC(Cc2ccsc2)C1. The van der Waals surface area contributed by atoms with E-state index in [0.29, 0.717) is 18.9 Å². The van der Waals surface area contributed by atoms with Crippen LogP contribution >= 0.6 is 11.3 Å². The highest BCUT2D eigenvalue weighted by atomic mass is 32.1. The van der Waals surface area contributed by atoms with Crippen molar-refractivity contribution in [3.63, 3.8) is 0 Å². The normalized spacial score (nSPS) is 14.8. The fourth-order valence-electron chi connectivity index (χ4n) is 2.17. The van der Waals surface area contributed by atoms with E-state index < -0.39 is 0 Å². The third-order valence-electron chi connectivity index (χ3n) is 3.24. The Labute approximate surface area is 117 Å². The van der Waals surface area contributed by atoms with Gasteiger partial charge in [-0.15, -0.1) is 0 Å². The molecule has 4 nitrogen and oxygen atoms in total. The number of likely N-dealkylation sites (tertiary alicyclic amines) is 1. The van der Waals surface area contributed by atoms with Gasteiger partial charge in [0.25, 0.3) is 0 Å². The number of nitrogens with one attached hydrogen (secondary N) is 1. The minimum absolute atomic E-state index is 0.117. The van der Waals surface area contributed by atoms with Crippen molar-refractivity contribution in [2.24, 2.45) is 5.92 Å². The van der Waals surface area contributed by atoms with Gasteiger partial charge in [-0.05, 0) is 40.8 Å². The van der Waals surface area contributed by atoms with Crippen molar-refractivity contribution in [1.82, 2.24) is 10.2 Å². The first-order chi connectivity index (χ1) is 9.19. The Balaban J connectivity index is 1.62. The summed E-state index contributed by atoms with van der Waals surface area (Å²) in [6.45, 7) is 5.42. The lowest BCUT2D eigenvalue weighted by Gasteiger charge is -2.39. The molecule has 0 radical (unpaired) electrons. The number of thiophene rings is 1. The second-order valence-electron chi connectivity index (χ2n) is 4.75. The van der Waals surface area contributed by atoms with Crippen LogP contribution in [0.25, 0.3) is 0 Å². The minimum Gasteiger partial charge on any atom is -0.352 e. The lowest BCUT2D eigenvalue weighted by molar-refractivity contribution is -0.137. The summed E-state index contributed by atoms with van der Waals surface area (Å²) in [5.74, 6) is 0.471. The Morgan fingerprint density at radius 2 is 2.32 bits per heavy atom. The molecule has 19 heavy (non-hydrogen) atoms. The van der Waals surface area contributed by atoms with Crippen LogP contribution in [0.4, 0.5) is 0 Å². The van der Waals surface area contributed by atoms with Crippen molar-refractivity contribution in [2.45, 2.75) is 12.8 Å². The minimum atomic E-state index is -0.230. The lowest BCUT2D eigenvalue weighted by Crippen LogP contribution is -2.51. The average molecular weight is 278 g/mol. The maximum Gasteiger partial charge on any atom is 0.243 e. The Kier molecular flexibility index (Phi) is 4.74. The van der Waals surface area contributed by atoms with Gasteiger partial charge in [0, 0.05) is 26.1 Å². The molecule has 5 heteroatoms. The molecule has 0 bridgehead atoms. The molecule has 0 spiro atoms. The third-order valence-corrected chi connectivity index (χ3v) is 3.97. The van der Waals surface area contributed by atoms with Crippen LogP contribution < -0.4 is 5.32 Å². The molecule has 1 aliphatic rings. The monoisotopic (exact) mass is 278 g/mol. The third kappa shape index (κ3) is 3.92. The Morgan fingerprint density at radius 1 is 1.53 bits per heavy atom. The van der Waals surface area contributed by atoms with Crippen molar-refractivity contribution < 1.29 is 9.59 Å². The molecular formula is C14H18N2O2S. The predicted octanol–water partition coefficient (Wildman–Crippen LogP) is 1.44. The summed E-state index contributed by atoms with van der Waals surface area (Å²) < 4.78 is 0. The van der Waals surface area contributed by atoms with Gasteiger partial charge in [0.1, 0.15) is 0 Å². The average Bonchev–Trinajstić information content (AvgIpc) is 2.85. The summed E-state index contributed by atoms with van der Waals surface area (Å²) in [5.41, 5.74) is 1.36. The zero-order chi connectivity index (χ0) is 13.7. The van der Waals surface area contributed by atoms with E-state index in [9.17, 15) is 9.59 Å². The summed E-state index contributed by atoms with van der Waals surface area (Å²) in [5, 5.41) is 6.86. The van der Waals surface area contributed by atoms with E-state index in [1.165, 1.54) is 11.6 Å². The molecule has 1 N–H and O–H groups in total. The molecule has 2 heterocycles. The molecule has 1 saturated heterocycles. The Morgan fingerprint density at radius 3 is 2.95 bits per heavy atom. The first-order valence-electron chi connectivity index (χ1n) is 6.38. The number of amides is 2. The van der Waals surface area contributed by atoms with Crippen LogP contribution in [0.5, 0.6) is 0 Å². The fourth-order valence-corrected chi connectivity index (χ4v) is 2.85. The van der Waals surface area contributed by atoms with Crippen LogP contribution in [-0.4, -0.2) is 36.3 Å². The molecular weight excluding hydrogens is 260 g/mol. The highest BCUT2D eigenvalue weighted by molar-refractivity contribution is 7.07. The molecule has 0 aliphatic carbocycles. The fraction of sp³-hybridized carbons (Fsp3) is 0.429. The first kappa shape index (κ1) is 13.8. The van der Waals surface area contributed by atoms with E-state index in [2.05, 4.69) is 28.7 Å². The summed E-state index contributed by atoms with van der Waals surface area (Å²) in [4.78, 5) is 24.6. The van der Waals surface area contributed by atoms with Crippen molar-refractivity contribution in [2.75, 3.05) is 19.6 Å². The molecule has 1 aromatic rings. The van der Waals surface area contributed by atoms with Crippen molar-refractivity contribution in [1.29, 1.82) is 0 Å². The van der Waals surface area contributed by atoms with Gasteiger partial charge < -0.3 is 10.2 Å². The summed E-state index contributed by atoms with van der Waals surface area (Å²) in [6.07, 6.45) is 2.64. The highest BCUT2D eigenvalue weighted by Gasteiger charge is 2.30. The van der Waals surface area contributed by atoms with Crippen LogP contribution in [0.2, 0.25) is 0 Å². The zero-order valence-electron chi connectivity index (χ0n) is 10.8. The Hall–Kier alpha value is -1.62. The number of carbonyl (C=O) groups is 2. The van der Waals surface area contributed by atoms with Crippen LogP contribution in [-0.2, 0) is 16.0 Å². The van der Waals surface area contributed by atoms with Gasteiger partial charge in [0.2, 0.25) is 11.8 Å². The summed E-state index contributed by atoms with van der Waals surface area (Å²) in [6, 6.07) is 2.14. The maximum atomic E-state index is 11.8. The molecule has 0 saturated carbocycles. The molecule has 0 unspecified atom stereocenters. The molecule has 2 rings (SSSR count). The van der Waals surface area contributed by atoms with Crippen molar-refractivity contribution in [3.05, 3.63) is 35.0 Å². The quantitative estimate of drug-likeness (QED) is 0.801. The van der Waals surface area contributed by atoms with E-state index in [1.54, 1.807) is 11.3 Å². The molecule has 102 valence electrons. The molecule has 1 fully saturated rings. The number of carbonyl (C=O) groups excluding carboxylic acids is 2. The van der Waals surface area contributed by atoms with Crippen LogP contribution in [0.3, 0.4) is 0 Å². The van der Waals surface area contributed by atoms with Crippen LogP contribution in [0.1, 0.15) is 12.0 Å². The van der Waals surface area contributed by atoms with E-state index in [-0.39, 0.29) is 11.8 Å². The number of hydrogen-bond donors (Lipinski definition) is 1. The number of hydrogen-bond acceptors (Lipinski definition) is 3. The molecule has 1 aromatic heterocycles. The number of rotatable bonds is 6. The van der Waals surface area contributed by atoms with Crippen LogP contribution in [0.15, 0.2) is 29.5 Å².